The van der Waals surface area contributed by atoms with Crippen molar-refractivity contribution in [3.8, 4) is 0 Å². The van der Waals surface area contributed by atoms with Crippen LogP contribution in [0.2, 0.25) is 0 Å². The molecule has 0 saturated carbocycles. The SMILES string of the molecule is CC1CN(CCC(N)c2ccc(Br)cc2)CC(C)S1. The number of nitrogens with zero attached hydrogens (tertiary/aromatic N) is 1. The van der Waals surface area contributed by atoms with Crippen LogP contribution in [0.25, 0.3) is 0 Å². The fourth-order valence-electron chi connectivity index (χ4n) is 2.67. The minimum Gasteiger partial charge on any atom is -0.324 e. The maximum atomic E-state index is 6.28. The molecule has 0 bridgehead atoms. The highest BCUT2D eigenvalue weighted by molar-refractivity contribution is 9.10. The van der Waals surface area contributed by atoms with E-state index in [1.165, 1.54) is 18.7 Å². The largest absolute Gasteiger partial charge is 0.324 e. The molecule has 2 rings (SSSR count). The molecular weight excluding hydrogens is 320 g/mol. The summed E-state index contributed by atoms with van der Waals surface area (Å²) >= 11 is 5.56. The zero-order valence-corrected chi connectivity index (χ0v) is 14.1. The molecule has 0 radical (unpaired) electrons. The number of rotatable bonds is 4. The van der Waals surface area contributed by atoms with Crippen molar-refractivity contribution in [3.05, 3.63) is 34.3 Å². The molecule has 3 atom stereocenters. The van der Waals surface area contributed by atoms with Gasteiger partial charge in [0.05, 0.1) is 0 Å². The first kappa shape index (κ1) is 15.4. The third-order valence-electron chi connectivity index (χ3n) is 3.55. The maximum Gasteiger partial charge on any atom is 0.0307 e. The Labute approximate surface area is 129 Å². The Balaban J connectivity index is 1.83. The lowest BCUT2D eigenvalue weighted by Gasteiger charge is -2.35. The maximum absolute atomic E-state index is 6.28. The van der Waals surface area contributed by atoms with E-state index in [2.05, 4.69) is 70.7 Å². The van der Waals surface area contributed by atoms with Gasteiger partial charge >= 0.3 is 0 Å². The minimum absolute atomic E-state index is 0.147. The highest BCUT2D eigenvalue weighted by Crippen LogP contribution is 2.25. The van der Waals surface area contributed by atoms with E-state index in [1.807, 2.05) is 0 Å². The normalized spacial score (nSPS) is 26.3. The van der Waals surface area contributed by atoms with Gasteiger partial charge in [-0.05, 0) is 24.1 Å². The van der Waals surface area contributed by atoms with Crippen molar-refractivity contribution in [1.29, 1.82) is 0 Å². The molecule has 1 saturated heterocycles. The minimum atomic E-state index is 0.147. The summed E-state index contributed by atoms with van der Waals surface area (Å²) in [6, 6.07) is 8.51. The highest BCUT2D eigenvalue weighted by Gasteiger charge is 2.22. The van der Waals surface area contributed by atoms with Crippen molar-refractivity contribution >= 4 is 27.7 Å². The van der Waals surface area contributed by atoms with Crippen LogP contribution in [0.4, 0.5) is 0 Å². The number of hydrogen-bond acceptors (Lipinski definition) is 3. The quantitative estimate of drug-likeness (QED) is 0.905. The molecule has 2 N–H and O–H groups in total. The lowest BCUT2D eigenvalue weighted by molar-refractivity contribution is 0.260. The molecule has 2 nitrogen and oxygen atoms in total. The van der Waals surface area contributed by atoms with Crippen LogP contribution >= 0.6 is 27.7 Å². The number of halogens is 1. The van der Waals surface area contributed by atoms with Gasteiger partial charge in [0.25, 0.3) is 0 Å². The zero-order chi connectivity index (χ0) is 13.8. The standard InChI is InChI=1S/C15H23BrN2S/c1-11-9-18(10-12(2)19-11)8-7-15(17)13-3-5-14(16)6-4-13/h3-6,11-12,15H,7-10,17H2,1-2H3. The van der Waals surface area contributed by atoms with Gasteiger partial charge in [0.2, 0.25) is 0 Å². The Morgan fingerprint density at radius 3 is 2.42 bits per heavy atom. The monoisotopic (exact) mass is 342 g/mol. The average Bonchev–Trinajstić information content (AvgIpc) is 2.36. The number of hydrogen-bond donors (Lipinski definition) is 1. The predicted octanol–water partition coefficient (Wildman–Crippen LogP) is 3.66. The van der Waals surface area contributed by atoms with E-state index in [-0.39, 0.29) is 6.04 Å². The second-order valence-corrected chi connectivity index (χ2v) is 8.26. The summed E-state index contributed by atoms with van der Waals surface area (Å²) in [4.78, 5) is 2.56. The second kappa shape index (κ2) is 7.11. The summed E-state index contributed by atoms with van der Waals surface area (Å²) in [5.74, 6) is 0. The molecule has 1 heterocycles. The van der Waals surface area contributed by atoms with Crippen LogP contribution < -0.4 is 5.73 Å². The first-order valence-corrected chi connectivity index (χ1v) is 8.67. The van der Waals surface area contributed by atoms with Crippen molar-refractivity contribution in [2.24, 2.45) is 5.73 Å². The van der Waals surface area contributed by atoms with E-state index >= 15 is 0 Å². The van der Waals surface area contributed by atoms with Crippen LogP contribution in [0.1, 0.15) is 31.9 Å². The van der Waals surface area contributed by atoms with Crippen LogP contribution in [-0.4, -0.2) is 35.0 Å². The van der Waals surface area contributed by atoms with E-state index in [4.69, 9.17) is 5.73 Å². The molecule has 3 unspecified atom stereocenters. The lowest BCUT2D eigenvalue weighted by atomic mass is 10.0. The van der Waals surface area contributed by atoms with Gasteiger partial charge in [0.1, 0.15) is 0 Å². The summed E-state index contributed by atoms with van der Waals surface area (Å²) in [5.41, 5.74) is 7.52. The lowest BCUT2D eigenvalue weighted by Crippen LogP contribution is -2.41. The first-order valence-electron chi connectivity index (χ1n) is 6.93. The van der Waals surface area contributed by atoms with Crippen molar-refractivity contribution in [1.82, 2.24) is 4.90 Å². The van der Waals surface area contributed by atoms with Gasteiger partial charge in [-0.25, -0.2) is 0 Å². The van der Waals surface area contributed by atoms with Gasteiger partial charge < -0.3 is 10.6 Å². The van der Waals surface area contributed by atoms with Crippen molar-refractivity contribution in [2.75, 3.05) is 19.6 Å². The van der Waals surface area contributed by atoms with E-state index in [0.29, 0.717) is 0 Å². The van der Waals surface area contributed by atoms with Gasteiger partial charge in [-0.3, -0.25) is 0 Å². The Kier molecular flexibility index (Phi) is 5.75. The van der Waals surface area contributed by atoms with Crippen LogP contribution in [0.15, 0.2) is 28.7 Å². The summed E-state index contributed by atoms with van der Waals surface area (Å²) in [5, 5.41) is 1.49. The van der Waals surface area contributed by atoms with Gasteiger partial charge in [0.15, 0.2) is 0 Å². The van der Waals surface area contributed by atoms with E-state index in [1.54, 1.807) is 0 Å². The number of nitrogens with two attached hydrogens (primary N) is 1. The molecule has 4 heteroatoms. The Morgan fingerprint density at radius 2 is 1.84 bits per heavy atom. The smallest absolute Gasteiger partial charge is 0.0307 e. The van der Waals surface area contributed by atoms with Crippen molar-refractivity contribution in [2.45, 2.75) is 36.8 Å². The average molecular weight is 343 g/mol. The molecule has 106 valence electrons. The molecule has 0 amide bonds. The van der Waals surface area contributed by atoms with Crippen LogP contribution in [-0.2, 0) is 0 Å². The molecule has 1 aromatic carbocycles. The van der Waals surface area contributed by atoms with Gasteiger partial charge in [0, 0.05) is 40.6 Å². The third-order valence-corrected chi connectivity index (χ3v) is 5.31. The van der Waals surface area contributed by atoms with E-state index < -0.39 is 0 Å². The van der Waals surface area contributed by atoms with E-state index in [9.17, 15) is 0 Å². The molecule has 0 aliphatic carbocycles. The Bertz CT molecular complexity index is 386. The van der Waals surface area contributed by atoms with Crippen LogP contribution in [0.5, 0.6) is 0 Å². The summed E-state index contributed by atoms with van der Waals surface area (Å²) < 4.78 is 1.11. The summed E-state index contributed by atoms with van der Waals surface area (Å²) in [6.45, 7) is 8.14. The third kappa shape index (κ3) is 4.78. The van der Waals surface area contributed by atoms with Gasteiger partial charge in [-0.2, -0.15) is 11.8 Å². The topological polar surface area (TPSA) is 29.3 Å². The molecule has 1 fully saturated rings. The van der Waals surface area contributed by atoms with Crippen molar-refractivity contribution in [3.63, 3.8) is 0 Å². The predicted molar refractivity (Wildman–Crippen MR) is 88.6 cm³/mol. The molecule has 0 aromatic heterocycles. The molecular formula is C15H23BrN2S. The molecule has 19 heavy (non-hydrogen) atoms. The Morgan fingerprint density at radius 1 is 1.26 bits per heavy atom. The molecule has 1 aliphatic heterocycles. The zero-order valence-electron chi connectivity index (χ0n) is 11.7. The van der Waals surface area contributed by atoms with Gasteiger partial charge in [-0.1, -0.05) is 41.9 Å². The summed E-state index contributed by atoms with van der Waals surface area (Å²) in [7, 11) is 0. The number of benzene rings is 1. The van der Waals surface area contributed by atoms with E-state index in [0.717, 1.165) is 27.9 Å². The summed E-state index contributed by atoms with van der Waals surface area (Å²) in [6.07, 6.45) is 1.03. The van der Waals surface area contributed by atoms with Gasteiger partial charge in [-0.15, -0.1) is 0 Å². The fraction of sp³-hybridized carbons (Fsp3) is 0.600. The molecule has 1 aromatic rings. The van der Waals surface area contributed by atoms with Crippen LogP contribution in [0.3, 0.4) is 0 Å². The highest BCUT2D eigenvalue weighted by atomic mass is 79.9. The fourth-order valence-corrected chi connectivity index (χ4v) is 4.32. The first-order chi connectivity index (χ1) is 9.04. The van der Waals surface area contributed by atoms with Crippen LogP contribution in [0, 0.1) is 0 Å². The second-order valence-electron chi connectivity index (χ2n) is 5.46. The molecule has 0 spiro atoms. The Hall–Kier alpha value is -0.0300. The molecule has 1 aliphatic rings. The number of thioether (sulfide) groups is 1. The van der Waals surface area contributed by atoms with Crippen molar-refractivity contribution < 1.29 is 0 Å².